The van der Waals surface area contributed by atoms with Gasteiger partial charge in [0.1, 0.15) is 0 Å². The van der Waals surface area contributed by atoms with Gasteiger partial charge in [0.2, 0.25) is 0 Å². The average Bonchev–Trinajstić information content (AvgIpc) is 2.83. The highest BCUT2D eigenvalue weighted by Gasteiger charge is 2.21. The lowest BCUT2D eigenvalue weighted by molar-refractivity contribution is 0.0938. The minimum Gasteiger partial charge on any atom is -0.409 e. The van der Waals surface area contributed by atoms with E-state index < -0.39 is 0 Å². The molecular formula is C13H18N4O2. The van der Waals surface area contributed by atoms with Gasteiger partial charge in [-0.2, -0.15) is 0 Å². The van der Waals surface area contributed by atoms with Crippen LogP contribution in [0.2, 0.25) is 0 Å². The van der Waals surface area contributed by atoms with Crippen LogP contribution < -0.4 is 11.1 Å². The molecule has 1 aromatic carbocycles. The molecule has 1 fully saturated rings. The molecule has 4 N–H and O–H groups in total. The number of rotatable bonds is 3. The lowest BCUT2D eigenvalue weighted by Crippen LogP contribution is -2.36. The largest absolute Gasteiger partial charge is 0.409 e. The van der Waals surface area contributed by atoms with E-state index in [9.17, 15) is 4.79 Å². The van der Waals surface area contributed by atoms with E-state index in [4.69, 9.17) is 10.9 Å². The molecule has 1 unspecified atom stereocenters. The van der Waals surface area contributed by atoms with E-state index in [-0.39, 0.29) is 17.8 Å². The third-order valence-corrected chi connectivity index (χ3v) is 3.25. The van der Waals surface area contributed by atoms with Crippen molar-refractivity contribution in [3.05, 3.63) is 35.4 Å². The van der Waals surface area contributed by atoms with Crippen LogP contribution >= 0.6 is 0 Å². The van der Waals surface area contributed by atoms with Crippen LogP contribution in [-0.4, -0.2) is 48.0 Å². The number of benzene rings is 1. The zero-order valence-corrected chi connectivity index (χ0v) is 10.8. The molecule has 1 aromatic rings. The van der Waals surface area contributed by atoms with Crippen LogP contribution in [0, 0.1) is 0 Å². The second-order valence-electron chi connectivity index (χ2n) is 4.79. The maximum absolute atomic E-state index is 12.1. The Kier molecular flexibility index (Phi) is 4.01. The van der Waals surface area contributed by atoms with Gasteiger partial charge in [0.25, 0.3) is 5.91 Å². The fourth-order valence-corrected chi connectivity index (χ4v) is 2.20. The molecule has 0 aromatic heterocycles. The number of likely N-dealkylation sites (N-methyl/N-ethyl adjacent to an activating group) is 1. The van der Waals surface area contributed by atoms with Crippen molar-refractivity contribution in [1.29, 1.82) is 0 Å². The molecule has 19 heavy (non-hydrogen) atoms. The number of hydrogen-bond acceptors (Lipinski definition) is 4. The van der Waals surface area contributed by atoms with Gasteiger partial charge in [-0.15, -0.1) is 0 Å². The Morgan fingerprint density at radius 2 is 2.26 bits per heavy atom. The normalized spacial score (nSPS) is 20.5. The van der Waals surface area contributed by atoms with Gasteiger partial charge >= 0.3 is 0 Å². The van der Waals surface area contributed by atoms with Crippen molar-refractivity contribution in [2.45, 2.75) is 12.5 Å². The predicted molar refractivity (Wildman–Crippen MR) is 72.3 cm³/mol. The average molecular weight is 262 g/mol. The van der Waals surface area contributed by atoms with E-state index in [0.717, 1.165) is 19.5 Å². The summed E-state index contributed by atoms with van der Waals surface area (Å²) in [6, 6.07) is 6.91. The summed E-state index contributed by atoms with van der Waals surface area (Å²) in [5.41, 5.74) is 6.55. The number of carbonyl (C=O) groups excluding carboxylic acids is 1. The molecule has 1 amide bonds. The number of nitrogens with two attached hydrogens (primary N) is 1. The Morgan fingerprint density at radius 3 is 2.89 bits per heavy atom. The van der Waals surface area contributed by atoms with Gasteiger partial charge in [-0.1, -0.05) is 17.3 Å². The molecule has 1 saturated heterocycles. The second kappa shape index (κ2) is 5.71. The fraction of sp³-hybridized carbons (Fsp3) is 0.385. The van der Waals surface area contributed by atoms with E-state index in [2.05, 4.69) is 15.4 Å². The summed E-state index contributed by atoms with van der Waals surface area (Å²) in [6.45, 7) is 1.86. The third kappa shape index (κ3) is 3.23. The van der Waals surface area contributed by atoms with Crippen molar-refractivity contribution in [2.75, 3.05) is 20.1 Å². The highest BCUT2D eigenvalue weighted by atomic mass is 16.4. The van der Waals surface area contributed by atoms with Crippen LogP contribution in [-0.2, 0) is 0 Å². The highest BCUT2D eigenvalue weighted by Crippen LogP contribution is 2.09. The first-order valence-electron chi connectivity index (χ1n) is 6.17. The molecule has 1 aliphatic rings. The van der Waals surface area contributed by atoms with Crippen LogP contribution in [0.3, 0.4) is 0 Å². The molecule has 0 bridgehead atoms. The molecular weight excluding hydrogens is 244 g/mol. The summed E-state index contributed by atoms with van der Waals surface area (Å²) in [4.78, 5) is 14.3. The van der Waals surface area contributed by atoms with Crippen molar-refractivity contribution in [3.8, 4) is 0 Å². The molecule has 1 heterocycles. The predicted octanol–water partition coefficient (Wildman–Crippen LogP) is 0.215. The van der Waals surface area contributed by atoms with E-state index in [0.29, 0.717) is 11.1 Å². The first kappa shape index (κ1) is 13.4. The number of nitrogens with one attached hydrogen (secondary N) is 1. The summed E-state index contributed by atoms with van der Waals surface area (Å²) < 4.78 is 0. The van der Waals surface area contributed by atoms with Crippen molar-refractivity contribution < 1.29 is 10.0 Å². The van der Waals surface area contributed by atoms with Crippen molar-refractivity contribution in [2.24, 2.45) is 10.9 Å². The van der Waals surface area contributed by atoms with E-state index >= 15 is 0 Å². The molecule has 2 rings (SSSR count). The van der Waals surface area contributed by atoms with E-state index in [1.807, 2.05) is 7.05 Å². The Morgan fingerprint density at radius 1 is 1.53 bits per heavy atom. The summed E-state index contributed by atoms with van der Waals surface area (Å²) in [6.07, 6.45) is 0.960. The molecule has 0 radical (unpaired) electrons. The van der Waals surface area contributed by atoms with Crippen LogP contribution in [0.4, 0.5) is 0 Å². The Bertz CT molecular complexity index is 501. The topological polar surface area (TPSA) is 91.0 Å². The summed E-state index contributed by atoms with van der Waals surface area (Å²) in [5, 5.41) is 14.5. The van der Waals surface area contributed by atoms with Crippen LogP contribution in [0.5, 0.6) is 0 Å². The molecule has 6 heteroatoms. The van der Waals surface area contributed by atoms with Gasteiger partial charge in [0.15, 0.2) is 5.84 Å². The van der Waals surface area contributed by atoms with Gasteiger partial charge in [-0.3, -0.25) is 4.79 Å². The molecule has 6 nitrogen and oxygen atoms in total. The highest BCUT2D eigenvalue weighted by molar-refractivity contribution is 6.01. The van der Waals surface area contributed by atoms with Gasteiger partial charge in [-0.25, -0.2) is 0 Å². The fourth-order valence-electron chi connectivity index (χ4n) is 2.20. The first-order valence-corrected chi connectivity index (χ1v) is 6.17. The van der Waals surface area contributed by atoms with E-state index in [1.165, 1.54) is 0 Å². The van der Waals surface area contributed by atoms with Crippen molar-refractivity contribution in [1.82, 2.24) is 10.2 Å². The molecule has 1 atom stereocenters. The molecule has 102 valence electrons. The number of oxime groups is 1. The monoisotopic (exact) mass is 262 g/mol. The maximum atomic E-state index is 12.1. The smallest absolute Gasteiger partial charge is 0.251 e. The van der Waals surface area contributed by atoms with Crippen molar-refractivity contribution >= 4 is 11.7 Å². The van der Waals surface area contributed by atoms with Gasteiger partial charge in [0.05, 0.1) is 0 Å². The molecule has 0 spiro atoms. The maximum Gasteiger partial charge on any atom is 0.251 e. The van der Waals surface area contributed by atoms with E-state index in [1.54, 1.807) is 24.3 Å². The van der Waals surface area contributed by atoms with Gasteiger partial charge in [0, 0.05) is 23.7 Å². The first-order chi connectivity index (χ1) is 9.10. The summed E-state index contributed by atoms with van der Waals surface area (Å²) >= 11 is 0. The lowest BCUT2D eigenvalue weighted by atomic mass is 10.1. The zero-order valence-electron chi connectivity index (χ0n) is 10.8. The number of likely N-dealkylation sites (tertiary alicyclic amines) is 1. The molecule has 1 aliphatic heterocycles. The number of carbonyl (C=O) groups is 1. The lowest BCUT2D eigenvalue weighted by Gasteiger charge is -2.13. The van der Waals surface area contributed by atoms with Crippen LogP contribution in [0.1, 0.15) is 22.3 Å². The van der Waals surface area contributed by atoms with Gasteiger partial charge < -0.3 is 21.2 Å². The second-order valence-corrected chi connectivity index (χ2v) is 4.79. The SMILES string of the molecule is CN1CCC(NC(=O)c2cccc(C(N)=NO)c2)C1. The number of amides is 1. The Balaban J connectivity index is 2.07. The van der Waals surface area contributed by atoms with Crippen LogP contribution in [0.15, 0.2) is 29.4 Å². The zero-order chi connectivity index (χ0) is 13.8. The summed E-state index contributed by atoms with van der Waals surface area (Å²) in [5.74, 6) is -0.136. The van der Waals surface area contributed by atoms with Crippen molar-refractivity contribution in [3.63, 3.8) is 0 Å². The quantitative estimate of drug-likeness (QED) is 0.314. The summed E-state index contributed by atoms with van der Waals surface area (Å²) in [7, 11) is 2.03. The number of amidine groups is 1. The Hall–Kier alpha value is -2.08. The molecule has 0 aliphatic carbocycles. The number of nitrogens with zero attached hydrogens (tertiary/aromatic N) is 2. The van der Waals surface area contributed by atoms with Gasteiger partial charge in [-0.05, 0) is 32.1 Å². The molecule has 0 saturated carbocycles. The third-order valence-electron chi connectivity index (χ3n) is 3.25. The number of hydrogen-bond donors (Lipinski definition) is 3. The van der Waals surface area contributed by atoms with Crippen LogP contribution in [0.25, 0.3) is 0 Å². The standard InChI is InChI=1S/C13H18N4O2/c1-17-6-5-11(8-17)15-13(18)10-4-2-3-9(7-10)12(14)16-19/h2-4,7,11,19H,5-6,8H2,1H3,(H2,14,16)(H,15,18). The minimum atomic E-state index is -0.132. The Labute approximate surface area is 111 Å². The minimum absolute atomic E-state index is 0.00440.